The van der Waals surface area contributed by atoms with Crippen molar-refractivity contribution in [3.8, 4) is 0 Å². The van der Waals surface area contributed by atoms with E-state index >= 15 is 0 Å². The zero-order chi connectivity index (χ0) is 15.2. The molecule has 1 aliphatic rings. The quantitative estimate of drug-likeness (QED) is 0.866. The van der Waals surface area contributed by atoms with Crippen LogP contribution in [0.1, 0.15) is 5.56 Å². The molecule has 0 bridgehead atoms. The lowest BCUT2D eigenvalue weighted by molar-refractivity contribution is -0.134. The summed E-state index contributed by atoms with van der Waals surface area (Å²) in [7, 11) is 2.02. The average Bonchev–Trinajstić information content (AvgIpc) is 2.45. The molecule has 0 saturated carbocycles. The molecule has 1 fully saturated rings. The van der Waals surface area contributed by atoms with Gasteiger partial charge in [-0.05, 0) is 24.7 Å². The molecule has 114 valence electrons. The summed E-state index contributed by atoms with van der Waals surface area (Å²) in [6.07, 6.45) is 0.0772. The smallest absolute Gasteiger partial charge is 0.242 e. The van der Waals surface area contributed by atoms with Gasteiger partial charge >= 0.3 is 0 Å². The van der Waals surface area contributed by atoms with Crippen LogP contribution in [0.25, 0.3) is 0 Å². The predicted molar refractivity (Wildman–Crippen MR) is 77.2 cm³/mol. The fraction of sp³-hybridized carbons (Fsp3) is 0.467. The number of halogens is 1. The summed E-state index contributed by atoms with van der Waals surface area (Å²) in [5.74, 6) is -0.715. The molecule has 1 aromatic carbocycles. The zero-order valence-corrected chi connectivity index (χ0v) is 12.1. The molecule has 0 aromatic heterocycles. The number of hydrogen-bond acceptors (Lipinski definition) is 3. The minimum absolute atomic E-state index is 0.00212. The number of carbonyl (C=O) groups excluding carboxylic acids is 2. The van der Waals surface area contributed by atoms with Crippen molar-refractivity contribution in [2.45, 2.75) is 6.42 Å². The Morgan fingerprint density at radius 2 is 1.95 bits per heavy atom. The predicted octanol–water partition coefficient (Wildman–Crippen LogP) is 0.258. The Labute approximate surface area is 123 Å². The number of hydrogen-bond donors (Lipinski definition) is 1. The Balaban J connectivity index is 1.75. The third-order valence-corrected chi connectivity index (χ3v) is 3.55. The van der Waals surface area contributed by atoms with E-state index in [4.69, 9.17) is 0 Å². The van der Waals surface area contributed by atoms with E-state index in [0.29, 0.717) is 18.7 Å². The molecule has 0 radical (unpaired) electrons. The van der Waals surface area contributed by atoms with Crippen LogP contribution in [0.4, 0.5) is 4.39 Å². The summed E-state index contributed by atoms with van der Waals surface area (Å²) < 4.78 is 13.0. The van der Waals surface area contributed by atoms with Gasteiger partial charge in [0.15, 0.2) is 0 Å². The van der Waals surface area contributed by atoms with Crippen molar-refractivity contribution in [1.29, 1.82) is 0 Å². The maximum absolute atomic E-state index is 13.0. The molecule has 1 aliphatic heterocycles. The van der Waals surface area contributed by atoms with Crippen LogP contribution in [0.15, 0.2) is 24.3 Å². The van der Waals surface area contributed by atoms with Crippen molar-refractivity contribution in [1.82, 2.24) is 15.1 Å². The Kier molecular flexibility index (Phi) is 5.27. The number of carbonyl (C=O) groups is 2. The second-order valence-electron chi connectivity index (χ2n) is 5.27. The maximum atomic E-state index is 13.0. The van der Waals surface area contributed by atoms with E-state index in [2.05, 4.69) is 10.2 Å². The summed E-state index contributed by atoms with van der Waals surface area (Å²) >= 11 is 0. The second kappa shape index (κ2) is 7.17. The lowest BCUT2D eigenvalue weighted by Crippen LogP contribution is -2.50. The highest BCUT2D eigenvalue weighted by Crippen LogP contribution is 2.04. The maximum Gasteiger partial charge on any atom is 0.242 e. The highest BCUT2D eigenvalue weighted by Gasteiger charge is 2.19. The first-order valence-corrected chi connectivity index (χ1v) is 7.02. The fourth-order valence-corrected chi connectivity index (χ4v) is 2.24. The van der Waals surface area contributed by atoms with Crippen LogP contribution in [-0.4, -0.2) is 61.4 Å². The third-order valence-electron chi connectivity index (χ3n) is 3.55. The molecule has 2 rings (SSSR count). The Bertz CT molecular complexity index is 513. The van der Waals surface area contributed by atoms with E-state index in [1.807, 2.05) is 7.05 Å². The van der Waals surface area contributed by atoms with Gasteiger partial charge in [0, 0.05) is 26.2 Å². The van der Waals surface area contributed by atoms with E-state index in [1.54, 1.807) is 17.0 Å². The minimum Gasteiger partial charge on any atom is -0.347 e. The molecule has 21 heavy (non-hydrogen) atoms. The number of likely N-dealkylation sites (N-methyl/N-ethyl adjacent to an activating group) is 1. The second-order valence-corrected chi connectivity index (χ2v) is 5.27. The van der Waals surface area contributed by atoms with Gasteiger partial charge < -0.3 is 15.1 Å². The van der Waals surface area contributed by atoms with Crippen molar-refractivity contribution in [2.75, 3.05) is 39.8 Å². The summed E-state index contributed by atoms with van der Waals surface area (Å²) in [5.41, 5.74) is 0.597. The van der Waals surface area contributed by atoms with Gasteiger partial charge in [-0.3, -0.25) is 9.59 Å². The van der Waals surface area contributed by atoms with Gasteiger partial charge in [-0.25, -0.2) is 4.39 Å². The minimum atomic E-state index is -0.367. The van der Waals surface area contributed by atoms with Crippen LogP contribution in [0.3, 0.4) is 0 Å². The SMILES string of the molecule is CN1CCN(C(=O)CNC(=O)Cc2cccc(F)c2)CC1. The third kappa shape index (κ3) is 4.82. The Morgan fingerprint density at radius 3 is 2.62 bits per heavy atom. The van der Waals surface area contributed by atoms with Gasteiger partial charge in [-0.2, -0.15) is 0 Å². The largest absolute Gasteiger partial charge is 0.347 e. The number of nitrogens with zero attached hydrogens (tertiary/aromatic N) is 2. The van der Waals surface area contributed by atoms with Gasteiger partial charge in [0.05, 0.1) is 13.0 Å². The molecule has 1 N–H and O–H groups in total. The summed E-state index contributed by atoms with van der Waals surface area (Å²) in [6.45, 7) is 3.08. The summed E-state index contributed by atoms with van der Waals surface area (Å²) in [5, 5.41) is 2.59. The first-order chi connectivity index (χ1) is 10.0. The fourth-order valence-electron chi connectivity index (χ4n) is 2.24. The summed E-state index contributed by atoms with van der Waals surface area (Å²) in [6, 6.07) is 5.90. The molecule has 0 spiro atoms. The van der Waals surface area contributed by atoms with Gasteiger partial charge in [0.25, 0.3) is 0 Å². The van der Waals surface area contributed by atoms with E-state index in [9.17, 15) is 14.0 Å². The monoisotopic (exact) mass is 293 g/mol. The molecule has 6 heteroatoms. The normalized spacial score (nSPS) is 15.8. The van der Waals surface area contributed by atoms with Crippen molar-refractivity contribution in [3.63, 3.8) is 0 Å². The van der Waals surface area contributed by atoms with Gasteiger partial charge in [0.1, 0.15) is 5.82 Å². The van der Waals surface area contributed by atoms with Crippen LogP contribution >= 0.6 is 0 Å². The van der Waals surface area contributed by atoms with Crippen LogP contribution in [0.5, 0.6) is 0 Å². The number of piperazine rings is 1. The number of benzene rings is 1. The van der Waals surface area contributed by atoms with E-state index in [-0.39, 0.29) is 30.6 Å². The number of rotatable bonds is 4. The average molecular weight is 293 g/mol. The Morgan fingerprint density at radius 1 is 1.24 bits per heavy atom. The first kappa shape index (κ1) is 15.4. The van der Waals surface area contributed by atoms with E-state index < -0.39 is 0 Å². The van der Waals surface area contributed by atoms with Crippen LogP contribution < -0.4 is 5.32 Å². The van der Waals surface area contributed by atoms with Crippen LogP contribution in [0.2, 0.25) is 0 Å². The Hall–Kier alpha value is -1.95. The molecule has 1 heterocycles. The standard InChI is InChI=1S/C15H20FN3O2/c1-18-5-7-19(8-6-18)15(21)11-17-14(20)10-12-3-2-4-13(16)9-12/h2-4,9H,5-8,10-11H2,1H3,(H,17,20). The number of amides is 2. The van der Waals surface area contributed by atoms with Crippen LogP contribution in [-0.2, 0) is 16.0 Å². The molecule has 0 aliphatic carbocycles. The molecular formula is C15H20FN3O2. The molecule has 1 saturated heterocycles. The van der Waals surface area contributed by atoms with Gasteiger partial charge in [0.2, 0.25) is 11.8 Å². The molecule has 2 amide bonds. The molecule has 1 aromatic rings. The molecule has 5 nitrogen and oxygen atoms in total. The summed E-state index contributed by atoms with van der Waals surface area (Å²) in [4.78, 5) is 27.6. The lowest BCUT2D eigenvalue weighted by Gasteiger charge is -2.32. The first-order valence-electron chi connectivity index (χ1n) is 7.02. The van der Waals surface area contributed by atoms with Crippen molar-refractivity contribution < 1.29 is 14.0 Å². The van der Waals surface area contributed by atoms with E-state index in [1.165, 1.54) is 12.1 Å². The van der Waals surface area contributed by atoms with Crippen molar-refractivity contribution >= 4 is 11.8 Å². The van der Waals surface area contributed by atoms with Gasteiger partial charge in [-0.15, -0.1) is 0 Å². The van der Waals surface area contributed by atoms with E-state index in [0.717, 1.165) is 13.1 Å². The highest BCUT2D eigenvalue weighted by atomic mass is 19.1. The molecule has 0 atom stereocenters. The van der Waals surface area contributed by atoms with Crippen LogP contribution in [0, 0.1) is 5.82 Å². The lowest BCUT2D eigenvalue weighted by atomic mass is 10.1. The zero-order valence-electron chi connectivity index (χ0n) is 12.1. The van der Waals surface area contributed by atoms with Gasteiger partial charge in [-0.1, -0.05) is 12.1 Å². The molecule has 0 unspecified atom stereocenters. The topological polar surface area (TPSA) is 52.6 Å². The van der Waals surface area contributed by atoms with Crippen molar-refractivity contribution in [2.24, 2.45) is 0 Å². The highest BCUT2D eigenvalue weighted by molar-refractivity contribution is 5.85. The van der Waals surface area contributed by atoms with Crippen molar-refractivity contribution in [3.05, 3.63) is 35.6 Å². The number of nitrogens with one attached hydrogen (secondary N) is 1. The molecular weight excluding hydrogens is 273 g/mol.